The molecule has 1 unspecified atom stereocenters. The number of aromatic nitrogens is 1. The first kappa shape index (κ1) is 19.9. The first-order chi connectivity index (χ1) is 14.5. The molecule has 1 aliphatic carbocycles. The standard InChI is InChI=1S/C24H23FN2O3/c1-15-11-18(25)5-8-23(15)30-19-6-7-20-16(12-19)3-2-4-17(20)13-27-22-14-26-10-9-21(22)24(28)29/h5-12,14,17,27H,2-4,13H2,1H3,(H,28,29). The number of benzene rings is 2. The van der Waals surface area contributed by atoms with Crippen LogP contribution in [0.2, 0.25) is 0 Å². The molecule has 3 aromatic rings. The monoisotopic (exact) mass is 406 g/mol. The lowest BCUT2D eigenvalue weighted by atomic mass is 9.82. The van der Waals surface area contributed by atoms with E-state index in [4.69, 9.17) is 4.74 Å². The van der Waals surface area contributed by atoms with Gasteiger partial charge < -0.3 is 15.2 Å². The minimum absolute atomic E-state index is 0.222. The van der Waals surface area contributed by atoms with Gasteiger partial charge in [-0.2, -0.15) is 0 Å². The van der Waals surface area contributed by atoms with Gasteiger partial charge in [-0.1, -0.05) is 6.07 Å². The van der Waals surface area contributed by atoms with Crippen LogP contribution in [0.25, 0.3) is 0 Å². The third kappa shape index (κ3) is 4.27. The quantitative estimate of drug-likeness (QED) is 0.561. The number of aryl methyl sites for hydroxylation is 2. The molecule has 0 fully saturated rings. The number of halogens is 1. The summed E-state index contributed by atoms with van der Waals surface area (Å²) in [5, 5.41) is 12.6. The second-order valence-electron chi connectivity index (χ2n) is 7.57. The van der Waals surface area contributed by atoms with Gasteiger partial charge in [-0.25, -0.2) is 9.18 Å². The first-order valence-electron chi connectivity index (χ1n) is 9.99. The third-order valence-electron chi connectivity index (χ3n) is 5.51. The molecule has 2 aromatic carbocycles. The van der Waals surface area contributed by atoms with Crippen LogP contribution in [-0.4, -0.2) is 22.6 Å². The van der Waals surface area contributed by atoms with Crippen molar-refractivity contribution in [2.45, 2.75) is 32.1 Å². The van der Waals surface area contributed by atoms with Gasteiger partial charge in [-0.05, 0) is 79.3 Å². The minimum atomic E-state index is -0.971. The molecule has 5 nitrogen and oxygen atoms in total. The Bertz CT molecular complexity index is 1080. The zero-order valence-electron chi connectivity index (χ0n) is 16.7. The summed E-state index contributed by atoms with van der Waals surface area (Å²) < 4.78 is 19.3. The first-order valence-corrected chi connectivity index (χ1v) is 9.99. The summed E-state index contributed by atoms with van der Waals surface area (Å²) in [6, 6.07) is 12.1. The van der Waals surface area contributed by atoms with Gasteiger partial charge in [-0.3, -0.25) is 4.98 Å². The summed E-state index contributed by atoms with van der Waals surface area (Å²) >= 11 is 0. The van der Waals surface area contributed by atoms with Crippen LogP contribution >= 0.6 is 0 Å². The van der Waals surface area contributed by atoms with Crippen molar-refractivity contribution in [1.82, 2.24) is 4.98 Å². The van der Waals surface area contributed by atoms with Gasteiger partial charge in [-0.15, -0.1) is 0 Å². The lowest BCUT2D eigenvalue weighted by molar-refractivity contribution is 0.0697. The van der Waals surface area contributed by atoms with Gasteiger partial charge >= 0.3 is 5.97 Å². The van der Waals surface area contributed by atoms with E-state index in [1.165, 1.54) is 35.5 Å². The van der Waals surface area contributed by atoms with E-state index in [0.717, 1.165) is 30.6 Å². The molecule has 2 N–H and O–H groups in total. The van der Waals surface area contributed by atoms with Crippen LogP contribution in [0.5, 0.6) is 11.5 Å². The molecule has 1 aliphatic rings. The number of fused-ring (bicyclic) bond motifs is 1. The molecule has 154 valence electrons. The van der Waals surface area contributed by atoms with Gasteiger partial charge in [0.05, 0.1) is 17.4 Å². The van der Waals surface area contributed by atoms with Crippen molar-refractivity contribution in [2.75, 3.05) is 11.9 Å². The van der Waals surface area contributed by atoms with E-state index >= 15 is 0 Å². The summed E-state index contributed by atoms with van der Waals surface area (Å²) in [4.78, 5) is 15.4. The number of hydrogen-bond donors (Lipinski definition) is 2. The van der Waals surface area contributed by atoms with Crippen molar-refractivity contribution in [3.63, 3.8) is 0 Å². The van der Waals surface area contributed by atoms with Crippen LogP contribution in [0.15, 0.2) is 54.9 Å². The molecule has 6 heteroatoms. The van der Waals surface area contributed by atoms with Crippen LogP contribution in [0, 0.1) is 12.7 Å². The van der Waals surface area contributed by atoms with Gasteiger partial charge in [0.15, 0.2) is 0 Å². The number of ether oxygens (including phenoxy) is 1. The fraction of sp³-hybridized carbons (Fsp3) is 0.250. The molecule has 0 radical (unpaired) electrons. The maximum Gasteiger partial charge on any atom is 0.337 e. The van der Waals surface area contributed by atoms with Crippen LogP contribution in [-0.2, 0) is 6.42 Å². The maximum atomic E-state index is 13.3. The molecule has 1 aromatic heterocycles. The smallest absolute Gasteiger partial charge is 0.337 e. The van der Waals surface area contributed by atoms with Gasteiger partial charge in [0.2, 0.25) is 0 Å². The Labute approximate surface area is 174 Å². The Kier molecular flexibility index (Phi) is 5.65. The van der Waals surface area contributed by atoms with Crippen LogP contribution in [0.4, 0.5) is 10.1 Å². The van der Waals surface area contributed by atoms with E-state index in [0.29, 0.717) is 18.0 Å². The Hall–Kier alpha value is -3.41. The lowest BCUT2D eigenvalue weighted by Gasteiger charge is -2.27. The van der Waals surface area contributed by atoms with E-state index in [9.17, 15) is 14.3 Å². The van der Waals surface area contributed by atoms with E-state index in [1.54, 1.807) is 12.3 Å². The molecule has 0 aliphatic heterocycles. The number of pyridine rings is 1. The highest BCUT2D eigenvalue weighted by molar-refractivity contribution is 5.93. The molecule has 0 spiro atoms. The Morgan fingerprint density at radius 1 is 1.27 bits per heavy atom. The predicted octanol–water partition coefficient (Wildman–Crippen LogP) is 5.55. The number of nitrogens with one attached hydrogen (secondary N) is 1. The van der Waals surface area contributed by atoms with Crippen molar-refractivity contribution >= 4 is 11.7 Å². The molecule has 0 amide bonds. The minimum Gasteiger partial charge on any atom is -0.478 e. The fourth-order valence-corrected chi connectivity index (χ4v) is 3.98. The van der Waals surface area contributed by atoms with Crippen molar-refractivity contribution in [2.24, 2.45) is 0 Å². The zero-order valence-corrected chi connectivity index (χ0v) is 16.7. The van der Waals surface area contributed by atoms with E-state index in [1.807, 2.05) is 13.0 Å². The van der Waals surface area contributed by atoms with Crippen molar-refractivity contribution in [1.29, 1.82) is 0 Å². The number of hydrogen-bond acceptors (Lipinski definition) is 4. The normalized spacial score (nSPS) is 15.3. The second kappa shape index (κ2) is 8.53. The molecule has 1 heterocycles. The molecule has 0 bridgehead atoms. The molecule has 0 saturated carbocycles. The van der Waals surface area contributed by atoms with Crippen LogP contribution in [0.3, 0.4) is 0 Å². The number of carbonyl (C=O) groups is 1. The Morgan fingerprint density at radius 2 is 2.13 bits per heavy atom. The predicted molar refractivity (Wildman–Crippen MR) is 113 cm³/mol. The number of rotatable bonds is 6. The number of aromatic carboxylic acids is 1. The molecular formula is C24H23FN2O3. The third-order valence-corrected chi connectivity index (χ3v) is 5.51. The van der Waals surface area contributed by atoms with Crippen molar-refractivity contribution < 1.29 is 19.0 Å². The summed E-state index contributed by atoms with van der Waals surface area (Å²) in [6.45, 7) is 2.46. The number of carboxylic acid groups (broad SMARTS) is 1. The van der Waals surface area contributed by atoms with E-state index in [-0.39, 0.29) is 17.3 Å². The van der Waals surface area contributed by atoms with E-state index in [2.05, 4.69) is 22.4 Å². The average Bonchev–Trinajstić information content (AvgIpc) is 2.74. The number of carboxylic acids is 1. The molecule has 1 atom stereocenters. The Morgan fingerprint density at radius 3 is 2.93 bits per heavy atom. The lowest BCUT2D eigenvalue weighted by Crippen LogP contribution is -2.19. The molecule has 0 saturated heterocycles. The van der Waals surface area contributed by atoms with Crippen LogP contribution < -0.4 is 10.1 Å². The summed E-state index contributed by atoms with van der Waals surface area (Å²) in [6.07, 6.45) is 6.08. The molecule has 4 rings (SSSR count). The summed E-state index contributed by atoms with van der Waals surface area (Å²) in [5.41, 5.74) is 3.98. The van der Waals surface area contributed by atoms with E-state index < -0.39 is 5.97 Å². The topological polar surface area (TPSA) is 71.5 Å². The summed E-state index contributed by atoms with van der Waals surface area (Å²) in [7, 11) is 0. The SMILES string of the molecule is Cc1cc(F)ccc1Oc1ccc2c(c1)CCCC2CNc1cnccc1C(=O)O. The number of nitrogens with zero attached hydrogens (tertiary/aromatic N) is 1. The van der Waals surface area contributed by atoms with Gasteiger partial charge in [0.1, 0.15) is 17.3 Å². The highest BCUT2D eigenvalue weighted by atomic mass is 19.1. The zero-order chi connectivity index (χ0) is 21.1. The van der Waals surface area contributed by atoms with Crippen molar-refractivity contribution in [3.05, 3.63) is 82.9 Å². The number of anilines is 1. The molecular weight excluding hydrogens is 383 g/mol. The second-order valence-corrected chi connectivity index (χ2v) is 7.57. The highest BCUT2D eigenvalue weighted by Gasteiger charge is 2.21. The van der Waals surface area contributed by atoms with Crippen molar-refractivity contribution in [3.8, 4) is 11.5 Å². The Balaban J connectivity index is 1.50. The maximum absolute atomic E-state index is 13.3. The summed E-state index contributed by atoms with van der Waals surface area (Å²) in [5.74, 6) is 0.403. The molecule has 30 heavy (non-hydrogen) atoms. The fourth-order valence-electron chi connectivity index (χ4n) is 3.98. The average molecular weight is 406 g/mol. The highest BCUT2D eigenvalue weighted by Crippen LogP contribution is 2.35. The van der Waals surface area contributed by atoms with Gasteiger partial charge in [0, 0.05) is 18.7 Å². The largest absolute Gasteiger partial charge is 0.478 e. The van der Waals surface area contributed by atoms with Gasteiger partial charge in [0.25, 0.3) is 0 Å². The van der Waals surface area contributed by atoms with Crippen LogP contribution in [0.1, 0.15) is 45.8 Å².